The molecule has 2 heterocycles. The molecule has 8 heteroatoms. The van der Waals surface area contributed by atoms with Crippen LogP contribution < -0.4 is 15.4 Å². The molecule has 1 aromatic heterocycles. The van der Waals surface area contributed by atoms with Crippen LogP contribution in [0.1, 0.15) is 49.0 Å². The van der Waals surface area contributed by atoms with E-state index in [1.165, 1.54) is 38.4 Å². The Kier molecular flexibility index (Phi) is 6.01. The van der Waals surface area contributed by atoms with Crippen molar-refractivity contribution in [2.75, 3.05) is 18.1 Å². The summed E-state index contributed by atoms with van der Waals surface area (Å²) in [5.41, 5.74) is 1.84. The van der Waals surface area contributed by atoms with Crippen LogP contribution in [0.4, 0.5) is 5.69 Å². The maximum Gasteiger partial charge on any atom is 0.279 e. The molecule has 2 aliphatic rings. The number of carbonyl (C=O) groups is 2. The van der Waals surface area contributed by atoms with Gasteiger partial charge in [-0.25, -0.2) is 4.21 Å². The Morgan fingerprint density at radius 3 is 2.66 bits per heavy atom. The van der Waals surface area contributed by atoms with Crippen LogP contribution in [0.5, 0.6) is 0 Å². The summed E-state index contributed by atoms with van der Waals surface area (Å²) in [6.45, 7) is 0.896. The number of aromatic amines is 1. The smallest absolute Gasteiger partial charge is 0.279 e. The van der Waals surface area contributed by atoms with Crippen LogP contribution in [0, 0.1) is 11.8 Å². The molecule has 156 valence electrons. The van der Waals surface area contributed by atoms with E-state index in [9.17, 15) is 13.8 Å². The molecule has 7 nitrogen and oxygen atoms in total. The van der Waals surface area contributed by atoms with E-state index in [1.807, 2.05) is 18.2 Å². The third-order valence-electron chi connectivity index (χ3n) is 6.18. The van der Waals surface area contributed by atoms with Crippen LogP contribution >= 0.6 is 0 Å². The summed E-state index contributed by atoms with van der Waals surface area (Å²) >= 11 is 0. The molecule has 0 spiro atoms. The molecule has 0 bridgehead atoms. The molecule has 29 heavy (non-hydrogen) atoms. The number of nitrogens with one attached hydrogen (secondary N) is 4. The normalized spacial score (nSPS) is 23.8. The predicted octanol–water partition coefficient (Wildman–Crippen LogP) is 2.69. The van der Waals surface area contributed by atoms with Gasteiger partial charge in [0, 0.05) is 22.8 Å². The van der Waals surface area contributed by atoms with Crippen molar-refractivity contribution >= 4 is 39.4 Å². The zero-order valence-electron chi connectivity index (χ0n) is 16.6. The first-order valence-corrected chi connectivity index (χ1v) is 11.9. The van der Waals surface area contributed by atoms with Crippen LogP contribution in [0.25, 0.3) is 10.9 Å². The summed E-state index contributed by atoms with van der Waals surface area (Å²) in [4.78, 5) is 28.0. The zero-order chi connectivity index (χ0) is 20.4. The van der Waals surface area contributed by atoms with Crippen LogP contribution in [0.15, 0.2) is 24.3 Å². The van der Waals surface area contributed by atoms with E-state index < -0.39 is 16.9 Å². The highest BCUT2D eigenvalue weighted by molar-refractivity contribution is 7.82. The zero-order valence-corrected chi connectivity index (χ0v) is 17.4. The maximum atomic E-state index is 13.0. The van der Waals surface area contributed by atoms with Gasteiger partial charge < -0.3 is 15.6 Å². The molecule has 1 saturated heterocycles. The third-order valence-corrected chi connectivity index (χ3v) is 6.65. The molecule has 1 aliphatic heterocycles. The van der Waals surface area contributed by atoms with E-state index in [0.29, 0.717) is 23.2 Å². The van der Waals surface area contributed by atoms with Gasteiger partial charge in [0.15, 0.2) is 0 Å². The maximum absolute atomic E-state index is 13.0. The molecule has 4 N–H and O–H groups in total. The fourth-order valence-electron chi connectivity index (χ4n) is 4.82. The molecular weight excluding hydrogens is 388 g/mol. The molecule has 2 fully saturated rings. The fraction of sp³-hybridized carbons (Fsp3) is 0.524. The van der Waals surface area contributed by atoms with Gasteiger partial charge in [0.25, 0.3) is 5.91 Å². The molecule has 2 amide bonds. The van der Waals surface area contributed by atoms with Crippen molar-refractivity contribution in [3.63, 3.8) is 0 Å². The Balaban J connectivity index is 1.46. The van der Waals surface area contributed by atoms with Gasteiger partial charge >= 0.3 is 0 Å². The van der Waals surface area contributed by atoms with E-state index in [4.69, 9.17) is 0 Å². The van der Waals surface area contributed by atoms with E-state index >= 15 is 0 Å². The topological polar surface area (TPSA) is 103 Å². The summed E-state index contributed by atoms with van der Waals surface area (Å²) in [5.74, 6) is 0.661. The lowest BCUT2D eigenvalue weighted by atomic mass is 9.76. The first-order valence-electron chi connectivity index (χ1n) is 10.3. The van der Waals surface area contributed by atoms with Gasteiger partial charge in [0.2, 0.25) is 5.91 Å². The van der Waals surface area contributed by atoms with Crippen LogP contribution in [0.3, 0.4) is 0 Å². The number of benzene rings is 1. The molecule has 2 aromatic rings. The minimum absolute atomic E-state index is 0.0207. The number of H-pyrrole nitrogens is 1. The second-order valence-corrected chi connectivity index (χ2v) is 9.25. The number of aromatic nitrogens is 1. The second-order valence-electron chi connectivity index (χ2n) is 8.14. The largest absolute Gasteiger partial charge is 0.350 e. The van der Waals surface area contributed by atoms with Crippen LogP contribution in [-0.2, 0) is 15.8 Å². The highest BCUT2D eigenvalue weighted by atomic mass is 32.2. The number of amides is 2. The van der Waals surface area contributed by atoms with Gasteiger partial charge in [0.1, 0.15) is 16.7 Å². The van der Waals surface area contributed by atoms with Crippen molar-refractivity contribution in [3.05, 3.63) is 30.0 Å². The van der Waals surface area contributed by atoms with E-state index in [1.54, 1.807) is 6.07 Å². The van der Waals surface area contributed by atoms with Crippen molar-refractivity contribution in [1.82, 2.24) is 15.0 Å². The highest BCUT2D eigenvalue weighted by Crippen LogP contribution is 2.36. The SMILES string of the molecule is CS(=O)NC(=O)c1cc2cc(NC(=O)C3NCCC3C3CCCCC3)ccc2[nH]1. The van der Waals surface area contributed by atoms with Crippen molar-refractivity contribution in [1.29, 1.82) is 0 Å². The summed E-state index contributed by atoms with van der Waals surface area (Å²) in [6.07, 6.45) is 8.82. The average Bonchev–Trinajstić information content (AvgIpc) is 3.35. The second kappa shape index (κ2) is 8.67. The number of fused-ring (bicyclic) bond motifs is 1. The molecule has 3 atom stereocenters. The Bertz CT molecular complexity index is 935. The van der Waals surface area contributed by atoms with Crippen molar-refractivity contribution in [2.45, 2.75) is 44.6 Å². The lowest BCUT2D eigenvalue weighted by Crippen LogP contribution is -2.42. The van der Waals surface area contributed by atoms with Crippen molar-refractivity contribution in [2.24, 2.45) is 11.8 Å². The number of carbonyl (C=O) groups excluding carboxylic acids is 2. The highest BCUT2D eigenvalue weighted by Gasteiger charge is 2.38. The number of hydrogen-bond donors (Lipinski definition) is 4. The Morgan fingerprint density at radius 2 is 1.90 bits per heavy atom. The minimum atomic E-state index is -1.42. The first kappa shape index (κ1) is 20.1. The van der Waals surface area contributed by atoms with Gasteiger partial charge in [-0.1, -0.05) is 32.1 Å². The molecule has 1 saturated carbocycles. The van der Waals surface area contributed by atoms with Gasteiger partial charge in [-0.3, -0.25) is 14.3 Å². The average molecular weight is 417 g/mol. The number of rotatable bonds is 5. The molecule has 1 aliphatic carbocycles. The third kappa shape index (κ3) is 4.53. The fourth-order valence-corrected chi connectivity index (χ4v) is 5.19. The Morgan fingerprint density at radius 1 is 1.10 bits per heavy atom. The van der Waals surface area contributed by atoms with E-state index in [0.717, 1.165) is 23.9 Å². The summed E-state index contributed by atoms with van der Waals surface area (Å²) in [5, 5.41) is 7.27. The lowest BCUT2D eigenvalue weighted by molar-refractivity contribution is -0.119. The molecule has 3 unspecified atom stereocenters. The number of hydrogen-bond acceptors (Lipinski definition) is 4. The van der Waals surface area contributed by atoms with E-state index in [2.05, 4.69) is 20.3 Å². The lowest BCUT2D eigenvalue weighted by Gasteiger charge is -2.30. The standard InChI is InChI=1S/C21H28N4O3S/c1-29(28)25-20(26)18-12-14-11-15(7-8-17(14)24-18)23-21(27)19-16(9-10-22-19)13-5-3-2-4-6-13/h7-8,11-13,16,19,22,24H,2-6,9-10H2,1H3,(H,23,27)(H,25,26). The van der Waals surface area contributed by atoms with Gasteiger partial charge in [-0.2, -0.15) is 0 Å². The molecule has 4 rings (SSSR count). The summed E-state index contributed by atoms with van der Waals surface area (Å²) in [6, 6.07) is 7.09. The monoisotopic (exact) mass is 416 g/mol. The molecular formula is C21H28N4O3S. The summed E-state index contributed by atoms with van der Waals surface area (Å²) < 4.78 is 13.6. The Hall–Kier alpha value is -2.19. The number of anilines is 1. The van der Waals surface area contributed by atoms with Gasteiger partial charge in [0.05, 0.1) is 6.04 Å². The van der Waals surface area contributed by atoms with Gasteiger partial charge in [-0.05, 0) is 49.1 Å². The first-order chi connectivity index (χ1) is 14.0. The summed E-state index contributed by atoms with van der Waals surface area (Å²) in [7, 11) is -1.42. The van der Waals surface area contributed by atoms with Crippen LogP contribution in [0.2, 0.25) is 0 Å². The predicted molar refractivity (Wildman–Crippen MR) is 115 cm³/mol. The van der Waals surface area contributed by atoms with Crippen molar-refractivity contribution in [3.8, 4) is 0 Å². The minimum Gasteiger partial charge on any atom is -0.350 e. The van der Waals surface area contributed by atoms with Crippen molar-refractivity contribution < 1.29 is 13.8 Å². The Labute approximate surface area is 173 Å². The van der Waals surface area contributed by atoms with Crippen LogP contribution in [-0.4, -0.2) is 39.8 Å². The molecule has 0 radical (unpaired) electrons. The van der Waals surface area contributed by atoms with E-state index in [-0.39, 0.29) is 11.9 Å². The quantitative estimate of drug-likeness (QED) is 0.602. The van der Waals surface area contributed by atoms with Gasteiger partial charge in [-0.15, -0.1) is 0 Å². The molecule has 1 aromatic carbocycles.